The summed E-state index contributed by atoms with van der Waals surface area (Å²) in [4.78, 5) is 12.2. The van der Waals surface area contributed by atoms with E-state index >= 15 is 0 Å². The quantitative estimate of drug-likeness (QED) is 0.814. The Kier molecular flexibility index (Phi) is 5.37. The zero-order chi connectivity index (χ0) is 12.8. The van der Waals surface area contributed by atoms with Crippen molar-refractivity contribution in [1.82, 2.24) is 5.32 Å². The fourth-order valence-corrected chi connectivity index (χ4v) is 1.69. The van der Waals surface area contributed by atoms with E-state index in [-0.39, 0.29) is 5.91 Å². The van der Waals surface area contributed by atoms with Gasteiger partial charge in [0.1, 0.15) is 5.75 Å². The summed E-state index contributed by atoms with van der Waals surface area (Å²) in [6, 6.07) is 5.21. The van der Waals surface area contributed by atoms with Gasteiger partial charge in [-0.25, -0.2) is 0 Å². The van der Waals surface area contributed by atoms with Gasteiger partial charge in [0.15, 0.2) is 0 Å². The van der Waals surface area contributed by atoms with Crippen LogP contribution >= 0.6 is 28.1 Å². The van der Waals surface area contributed by atoms with Gasteiger partial charge >= 0.3 is 0 Å². The van der Waals surface area contributed by atoms with Gasteiger partial charge < -0.3 is 15.8 Å². The van der Waals surface area contributed by atoms with Crippen LogP contribution in [-0.2, 0) is 0 Å². The van der Waals surface area contributed by atoms with E-state index in [1.54, 1.807) is 18.2 Å². The maximum atomic E-state index is 11.8. The van der Waals surface area contributed by atoms with Crippen LogP contribution in [0.4, 0.5) is 0 Å². The maximum Gasteiger partial charge on any atom is 0.255 e. The first-order valence-electron chi connectivity index (χ1n) is 4.94. The largest absolute Gasteiger partial charge is 0.496 e. The molecule has 3 N–H and O–H groups in total. The van der Waals surface area contributed by atoms with Crippen LogP contribution in [0.2, 0.25) is 0 Å². The lowest BCUT2D eigenvalue weighted by atomic mass is 10.2. The average molecular weight is 317 g/mol. The van der Waals surface area contributed by atoms with E-state index in [4.69, 9.17) is 22.7 Å². The Bertz CT molecular complexity index is 437. The second kappa shape index (κ2) is 6.56. The van der Waals surface area contributed by atoms with Gasteiger partial charge in [0, 0.05) is 17.4 Å². The van der Waals surface area contributed by atoms with Gasteiger partial charge in [-0.3, -0.25) is 4.79 Å². The molecule has 0 aliphatic carbocycles. The molecule has 0 aromatic heterocycles. The number of thiocarbonyl (C=S) groups is 1. The van der Waals surface area contributed by atoms with Crippen LogP contribution in [-0.4, -0.2) is 24.6 Å². The van der Waals surface area contributed by atoms with Gasteiger partial charge in [0.2, 0.25) is 0 Å². The highest BCUT2D eigenvalue weighted by atomic mass is 79.9. The minimum atomic E-state index is -0.203. The number of amides is 1. The minimum absolute atomic E-state index is 0.203. The fourth-order valence-electron chi connectivity index (χ4n) is 1.25. The van der Waals surface area contributed by atoms with Gasteiger partial charge in [-0.05, 0) is 18.2 Å². The number of benzene rings is 1. The smallest absolute Gasteiger partial charge is 0.255 e. The average Bonchev–Trinajstić information content (AvgIpc) is 2.28. The molecule has 1 aromatic carbocycles. The predicted molar refractivity (Wildman–Crippen MR) is 74.4 cm³/mol. The normalized spacial score (nSPS) is 9.76. The molecule has 92 valence electrons. The molecular weight excluding hydrogens is 304 g/mol. The van der Waals surface area contributed by atoms with Crippen LogP contribution in [0.15, 0.2) is 22.7 Å². The van der Waals surface area contributed by atoms with Gasteiger partial charge in [-0.1, -0.05) is 28.1 Å². The van der Waals surface area contributed by atoms with E-state index in [2.05, 4.69) is 21.2 Å². The zero-order valence-corrected chi connectivity index (χ0v) is 11.7. The summed E-state index contributed by atoms with van der Waals surface area (Å²) < 4.78 is 5.99. The highest BCUT2D eigenvalue weighted by molar-refractivity contribution is 9.10. The number of nitrogens with one attached hydrogen (secondary N) is 1. The summed E-state index contributed by atoms with van der Waals surface area (Å²) >= 11 is 8.04. The van der Waals surface area contributed by atoms with Crippen molar-refractivity contribution in [2.75, 3.05) is 13.7 Å². The molecule has 0 spiro atoms. The monoisotopic (exact) mass is 316 g/mol. The summed E-state index contributed by atoms with van der Waals surface area (Å²) in [7, 11) is 1.52. The molecule has 6 heteroatoms. The van der Waals surface area contributed by atoms with Crippen molar-refractivity contribution < 1.29 is 9.53 Å². The highest BCUT2D eigenvalue weighted by Crippen LogP contribution is 2.23. The molecule has 0 unspecified atom stereocenters. The lowest BCUT2D eigenvalue weighted by molar-refractivity contribution is 0.0952. The van der Waals surface area contributed by atoms with Crippen molar-refractivity contribution in [3.05, 3.63) is 28.2 Å². The number of ether oxygens (including phenoxy) is 1. The second-order valence-electron chi connectivity index (χ2n) is 3.32. The summed E-state index contributed by atoms with van der Waals surface area (Å²) in [5, 5.41) is 2.72. The molecule has 0 aliphatic heterocycles. The fraction of sp³-hybridized carbons (Fsp3) is 0.273. The Balaban J connectivity index is 2.71. The lowest BCUT2D eigenvalue weighted by Crippen LogP contribution is -2.27. The first-order chi connectivity index (χ1) is 8.04. The Morgan fingerprint density at radius 3 is 2.88 bits per heavy atom. The number of methoxy groups -OCH3 is 1. The van der Waals surface area contributed by atoms with E-state index < -0.39 is 0 Å². The van der Waals surface area contributed by atoms with Crippen molar-refractivity contribution in [2.24, 2.45) is 5.73 Å². The number of hydrogen-bond acceptors (Lipinski definition) is 3. The van der Waals surface area contributed by atoms with Crippen molar-refractivity contribution in [3.8, 4) is 5.75 Å². The van der Waals surface area contributed by atoms with E-state index in [0.717, 1.165) is 4.47 Å². The molecule has 1 aromatic rings. The number of nitrogens with two attached hydrogens (primary N) is 1. The summed E-state index contributed by atoms with van der Waals surface area (Å²) in [6.45, 7) is 0.424. The SMILES string of the molecule is COc1cc(Br)ccc1C(=O)NCCC(N)=S. The molecule has 0 atom stereocenters. The lowest BCUT2D eigenvalue weighted by Gasteiger charge is -2.09. The third-order valence-electron chi connectivity index (χ3n) is 2.07. The van der Waals surface area contributed by atoms with Crippen LogP contribution in [0.5, 0.6) is 5.75 Å². The van der Waals surface area contributed by atoms with E-state index in [9.17, 15) is 4.79 Å². The minimum Gasteiger partial charge on any atom is -0.496 e. The first kappa shape index (κ1) is 13.9. The summed E-state index contributed by atoms with van der Waals surface area (Å²) in [6.07, 6.45) is 0.486. The van der Waals surface area contributed by atoms with E-state index in [1.807, 2.05) is 0 Å². The standard InChI is InChI=1S/C11H13BrN2O2S/c1-16-9-6-7(12)2-3-8(9)11(15)14-5-4-10(13)17/h2-3,6H,4-5H2,1H3,(H2,13,17)(H,14,15). The summed E-state index contributed by atoms with van der Waals surface area (Å²) in [5.74, 6) is 0.317. The Labute approximate surface area is 114 Å². The van der Waals surface area contributed by atoms with E-state index in [1.165, 1.54) is 7.11 Å². The second-order valence-corrected chi connectivity index (χ2v) is 4.76. The zero-order valence-electron chi connectivity index (χ0n) is 9.33. The number of carbonyl (C=O) groups is 1. The molecule has 17 heavy (non-hydrogen) atoms. The number of rotatable bonds is 5. The van der Waals surface area contributed by atoms with Gasteiger partial charge in [-0.15, -0.1) is 0 Å². The van der Waals surface area contributed by atoms with Crippen molar-refractivity contribution in [2.45, 2.75) is 6.42 Å². The molecule has 0 saturated heterocycles. The van der Waals surface area contributed by atoms with Gasteiger partial charge in [0.05, 0.1) is 17.7 Å². The van der Waals surface area contributed by atoms with Crippen LogP contribution in [0, 0.1) is 0 Å². The Hall–Kier alpha value is -1.14. The van der Waals surface area contributed by atoms with Gasteiger partial charge in [-0.2, -0.15) is 0 Å². The van der Waals surface area contributed by atoms with Crippen molar-refractivity contribution in [3.63, 3.8) is 0 Å². The molecular formula is C11H13BrN2O2S. The highest BCUT2D eigenvalue weighted by Gasteiger charge is 2.11. The summed E-state index contributed by atoms with van der Waals surface area (Å²) in [5.41, 5.74) is 5.83. The van der Waals surface area contributed by atoms with E-state index in [0.29, 0.717) is 29.3 Å². The van der Waals surface area contributed by atoms with Gasteiger partial charge in [0.25, 0.3) is 5.91 Å². The van der Waals surface area contributed by atoms with Crippen LogP contribution in [0.25, 0.3) is 0 Å². The van der Waals surface area contributed by atoms with Crippen LogP contribution in [0.1, 0.15) is 16.8 Å². The molecule has 0 bridgehead atoms. The number of halogens is 1. The first-order valence-corrected chi connectivity index (χ1v) is 6.14. The number of hydrogen-bond donors (Lipinski definition) is 2. The molecule has 1 amide bonds. The molecule has 4 nitrogen and oxygen atoms in total. The van der Waals surface area contributed by atoms with Crippen LogP contribution < -0.4 is 15.8 Å². The third kappa shape index (κ3) is 4.32. The maximum absolute atomic E-state index is 11.8. The molecule has 0 heterocycles. The molecule has 1 rings (SSSR count). The Morgan fingerprint density at radius 1 is 1.59 bits per heavy atom. The van der Waals surface area contributed by atoms with Crippen molar-refractivity contribution >= 4 is 39.0 Å². The Morgan fingerprint density at radius 2 is 2.29 bits per heavy atom. The van der Waals surface area contributed by atoms with Crippen molar-refractivity contribution in [1.29, 1.82) is 0 Å². The van der Waals surface area contributed by atoms with Crippen LogP contribution in [0.3, 0.4) is 0 Å². The molecule has 0 saturated carbocycles. The molecule has 0 fully saturated rings. The topological polar surface area (TPSA) is 64.3 Å². The predicted octanol–water partition coefficient (Wildman–Crippen LogP) is 1.86. The molecule has 0 aliphatic rings. The number of carbonyl (C=O) groups excluding carboxylic acids is 1. The third-order valence-corrected chi connectivity index (χ3v) is 2.76. The molecule has 0 radical (unpaired) electrons.